The zero-order valence-corrected chi connectivity index (χ0v) is 17.1. The van der Waals surface area contributed by atoms with Crippen molar-refractivity contribution in [2.24, 2.45) is 0 Å². The highest BCUT2D eigenvalue weighted by Gasteiger charge is 2.41. The highest BCUT2D eigenvalue weighted by molar-refractivity contribution is 9.10. The molecule has 0 saturated carbocycles. The monoisotopic (exact) mass is 439 g/mol. The largest absolute Gasteiger partial charge is 0.381 e. The number of anilines is 1. The van der Waals surface area contributed by atoms with Crippen LogP contribution in [-0.4, -0.2) is 28.9 Å². The summed E-state index contributed by atoms with van der Waals surface area (Å²) >= 11 is 3.47. The van der Waals surface area contributed by atoms with Crippen molar-refractivity contribution >= 4 is 27.5 Å². The number of halogens is 1. The molecule has 1 fully saturated rings. The van der Waals surface area contributed by atoms with Gasteiger partial charge >= 0.3 is 0 Å². The van der Waals surface area contributed by atoms with E-state index in [1.165, 1.54) is 5.56 Å². The third kappa shape index (κ3) is 4.03. The molecule has 2 heterocycles. The van der Waals surface area contributed by atoms with Gasteiger partial charge in [-0.1, -0.05) is 58.4 Å². The fourth-order valence-electron chi connectivity index (χ4n) is 3.67. The van der Waals surface area contributed by atoms with Crippen LogP contribution in [0.25, 0.3) is 0 Å². The first kappa shape index (κ1) is 18.9. The predicted octanol–water partition coefficient (Wildman–Crippen LogP) is 4.38. The molecule has 144 valence electrons. The van der Waals surface area contributed by atoms with Crippen molar-refractivity contribution in [1.82, 2.24) is 9.78 Å². The quantitative estimate of drug-likeness (QED) is 0.641. The van der Waals surface area contributed by atoms with Gasteiger partial charge in [0, 0.05) is 23.9 Å². The molecule has 1 saturated heterocycles. The van der Waals surface area contributed by atoms with Gasteiger partial charge in [0.15, 0.2) is 0 Å². The molecule has 0 atom stereocenters. The number of nitrogens with one attached hydrogen (secondary N) is 1. The van der Waals surface area contributed by atoms with Crippen molar-refractivity contribution in [3.8, 4) is 0 Å². The minimum absolute atomic E-state index is 0.00242. The molecule has 0 spiro atoms. The molecule has 0 unspecified atom stereocenters. The molecule has 1 aromatic heterocycles. The average molecular weight is 440 g/mol. The average Bonchev–Trinajstić information content (AvgIpc) is 3.16. The summed E-state index contributed by atoms with van der Waals surface area (Å²) in [5, 5.41) is 7.47. The molecule has 4 rings (SSSR count). The maximum atomic E-state index is 13.3. The number of carbonyl (C=O) groups excluding carboxylic acids is 1. The summed E-state index contributed by atoms with van der Waals surface area (Å²) in [5.41, 5.74) is 2.32. The third-order valence-corrected chi connectivity index (χ3v) is 5.78. The van der Waals surface area contributed by atoms with Gasteiger partial charge in [0.05, 0.1) is 23.8 Å². The molecule has 3 aromatic rings. The Hall–Kier alpha value is -2.44. The van der Waals surface area contributed by atoms with Crippen LogP contribution in [0.3, 0.4) is 0 Å². The van der Waals surface area contributed by atoms with Crippen LogP contribution in [0.2, 0.25) is 0 Å². The molecule has 5 nitrogen and oxygen atoms in total. The van der Waals surface area contributed by atoms with Crippen molar-refractivity contribution in [3.63, 3.8) is 0 Å². The molecular weight excluding hydrogens is 418 g/mol. The normalized spacial score (nSPS) is 15.9. The van der Waals surface area contributed by atoms with Gasteiger partial charge in [0.25, 0.3) is 0 Å². The van der Waals surface area contributed by atoms with Crippen LogP contribution in [-0.2, 0) is 21.5 Å². The van der Waals surface area contributed by atoms with Gasteiger partial charge in [-0.3, -0.25) is 9.48 Å². The lowest BCUT2D eigenvalue weighted by Gasteiger charge is -2.36. The minimum atomic E-state index is -0.583. The molecule has 1 aliphatic rings. The summed E-state index contributed by atoms with van der Waals surface area (Å²) in [6, 6.07) is 18.1. The highest BCUT2D eigenvalue weighted by Crippen LogP contribution is 2.36. The number of hydrogen-bond donors (Lipinski definition) is 1. The van der Waals surface area contributed by atoms with E-state index in [0.717, 1.165) is 10.0 Å². The van der Waals surface area contributed by atoms with Crippen molar-refractivity contribution in [1.29, 1.82) is 0 Å². The van der Waals surface area contributed by atoms with Crippen LogP contribution >= 0.6 is 15.9 Å². The van der Waals surface area contributed by atoms with Gasteiger partial charge in [-0.15, -0.1) is 0 Å². The Kier molecular flexibility index (Phi) is 5.59. The Bertz CT molecular complexity index is 932. The van der Waals surface area contributed by atoms with E-state index in [1.807, 2.05) is 53.3 Å². The van der Waals surface area contributed by atoms with Gasteiger partial charge < -0.3 is 10.1 Å². The smallest absolute Gasteiger partial charge is 0.235 e. The SMILES string of the molecule is O=C(Nc1cnn(Cc2ccccc2)c1)C1(c2ccc(Br)cc2)CCOCC1. The van der Waals surface area contributed by atoms with E-state index in [4.69, 9.17) is 4.74 Å². The zero-order valence-electron chi connectivity index (χ0n) is 15.5. The topological polar surface area (TPSA) is 56.2 Å². The number of ether oxygens (including phenoxy) is 1. The summed E-state index contributed by atoms with van der Waals surface area (Å²) in [6.07, 6.45) is 4.91. The Morgan fingerprint density at radius 1 is 1.11 bits per heavy atom. The fraction of sp³-hybridized carbons (Fsp3) is 0.273. The number of hydrogen-bond acceptors (Lipinski definition) is 3. The summed E-state index contributed by atoms with van der Waals surface area (Å²) in [6.45, 7) is 1.83. The van der Waals surface area contributed by atoms with E-state index in [0.29, 0.717) is 38.3 Å². The molecule has 1 N–H and O–H groups in total. The predicted molar refractivity (Wildman–Crippen MR) is 112 cm³/mol. The second-order valence-corrected chi connectivity index (χ2v) is 7.98. The first-order valence-electron chi connectivity index (χ1n) is 9.37. The Labute approximate surface area is 172 Å². The lowest BCUT2D eigenvalue weighted by atomic mass is 9.73. The minimum Gasteiger partial charge on any atom is -0.381 e. The van der Waals surface area contributed by atoms with E-state index in [9.17, 15) is 4.79 Å². The van der Waals surface area contributed by atoms with Crippen LogP contribution in [0.1, 0.15) is 24.0 Å². The molecule has 2 aromatic carbocycles. The second-order valence-electron chi connectivity index (χ2n) is 7.07. The number of benzene rings is 2. The van der Waals surface area contributed by atoms with E-state index in [1.54, 1.807) is 6.20 Å². The maximum absolute atomic E-state index is 13.3. The number of aromatic nitrogens is 2. The zero-order chi connectivity index (χ0) is 19.4. The molecule has 28 heavy (non-hydrogen) atoms. The van der Waals surface area contributed by atoms with E-state index in [2.05, 4.69) is 38.5 Å². The Morgan fingerprint density at radius 3 is 2.54 bits per heavy atom. The van der Waals surface area contributed by atoms with E-state index >= 15 is 0 Å². The number of nitrogens with zero attached hydrogens (tertiary/aromatic N) is 2. The maximum Gasteiger partial charge on any atom is 0.235 e. The van der Waals surface area contributed by atoms with Crippen molar-refractivity contribution in [2.75, 3.05) is 18.5 Å². The lowest BCUT2D eigenvalue weighted by molar-refractivity contribution is -0.125. The van der Waals surface area contributed by atoms with Gasteiger partial charge in [-0.25, -0.2) is 0 Å². The lowest BCUT2D eigenvalue weighted by Crippen LogP contribution is -2.44. The highest BCUT2D eigenvalue weighted by atomic mass is 79.9. The van der Waals surface area contributed by atoms with Crippen LogP contribution < -0.4 is 5.32 Å². The van der Waals surface area contributed by atoms with Crippen LogP contribution in [0.15, 0.2) is 71.5 Å². The third-order valence-electron chi connectivity index (χ3n) is 5.26. The second kappa shape index (κ2) is 8.29. The number of rotatable bonds is 5. The summed E-state index contributed by atoms with van der Waals surface area (Å²) < 4.78 is 8.37. The molecule has 0 radical (unpaired) electrons. The Balaban J connectivity index is 1.53. The number of carbonyl (C=O) groups is 1. The molecule has 0 aliphatic carbocycles. The molecule has 0 bridgehead atoms. The summed E-state index contributed by atoms with van der Waals surface area (Å²) in [7, 11) is 0. The van der Waals surface area contributed by atoms with Gasteiger partial charge in [-0.05, 0) is 36.1 Å². The van der Waals surface area contributed by atoms with E-state index in [-0.39, 0.29) is 5.91 Å². The van der Waals surface area contributed by atoms with Crippen molar-refractivity contribution < 1.29 is 9.53 Å². The molecular formula is C22H22BrN3O2. The summed E-state index contributed by atoms with van der Waals surface area (Å²) in [5.74, 6) is -0.00242. The van der Waals surface area contributed by atoms with Crippen LogP contribution in [0.5, 0.6) is 0 Å². The van der Waals surface area contributed by atoms with Gasteiger partial charge in [0.1, 0.15) is 0 Å². The molecule has 6 heteroatoms. The first-order chi connectivity index (χ1) is 13.7. The van der Waals surface area contributed by atoms with E-state index < -0.39 is 5.41 Å². The standard InChI is InChI=1S/C22H22BrN3O2/c23-19-8-6-18(7-9-19)22(10-12-28-13-11-22)21(27)25-20-14-24-26(16-20)15-17-4-2-1-3-5-17/h1-9,14,16H,10-13,15H2,(H,25,27). The first-order valence-corrected chi connectivity index (χ1v) is 10.2. The Morgan fingerprint density at radius 2 is 1.82 bits per heavy atom. The van der Waals surface area contributed by atoms with Gasteiger partial charge in [0.2, 0.25) is 5.91 Å². The van der Waals surface area contributed by atoms with Gasteiger partial charge in [-0.2, -0.15) is 5.10 Å². The molecule has 1 aliphatic heterocycles. The van der Waals surface area contributed by atoms with Crippen LogP contribution in [0, 0.1) is 0 Å². The summed E-state index contributed by atoms with van der Waals surface area (Å²) in [4.78, 5) is 13.3. The van der Waals surface area contributed by atoms with Crippen molar-refractivity contribution in [3.05, 3.63) is 82.6 Å². The fourth-order valence-corrected chi connectivity index (χ4v) is 3.94. The number of amides is 1. The van der Waals surface area contributed by atoms with Crippen LogP contribution in [0.4, 0.5) is 5.69 Å². The van der Waals surface area contributed by atoms with Crippen molar-refractivity contribution in [2.45, 2.75) is 24.8 Å². The molecule has 1 amide bonds.